The van der Waals surface area contributed by atoms with Gasteiger partial charge in [0, 0.05) is 18.0 Å². The van der Waals surface area contributed by atoms with Crippen LogP contribution in [0.1, 0.15) is 39.7 Å². The molecule has 0 spiro atoms. The third kappa shape index (κ3) is 4.25. The minimum absolute atomic E-state index is 0.0485. The Balaban J connectivity index is 1.97. The second-order valence-corrected chi connectivity index (χ2v) is 6.18. The molecule has 29 heavy (non-hydrogen) atoms. The van der Waals surface area contributed by atoms with Gasteiger partial charge in [-0.2, -0.15) is 20.1 Å². The Morgan fingerprint density at radius 3 is 2.55 bits per heavy atom. The SMILES string of the molecule is CCc1ccc(-n2nc(C(=O)N/N=C/c3ccncc3)c(C)c(C#N)c2=O)cc1. The summed E-state index contributed by atoms with van der Waals surface area (Å²) in [5.41, 5.74) is 4.14. The minimum Gasteiger partial charge on any atom is -0.266 e. The number of aryl methyl sites for hydroxylation is 1. The van der Waals surface area contributed by atoms with E-state index in [0.717, 1.165) is 22.2 Å². The van der Waals surface area contributed by atoms with Gasteiger partial charge in [0.25, 0.3) is 11.5 Å². The zero-order valence-corrected chi connectivity index (χ0v) is 16.0. The van der Waals surface area contributed by atoms with E-state index in [4.69, 9.17) is 0 Å². The topological polar surface area (TPSA) is 113 Å². The van der Waals surface area contributed by atoms with Gasteiger partial charge in [-0.15, -0.1) is 0 Å². The number of nitrogens with zero attached hydrogens (tertiary/aromatic N) is 5. The number of nitriles is 1. The number of aromatic nitrogens is 3. The molecule has 0 unspecified atom stereocenters. The highest BCUT2D eigenvalue weighted by atomic mass is 16.2. The first-order valence-electron chi connectivity index (χ1n) is 8.92. The van der Waals surface area contributed by atoms with Crippen molar-refractivity contribution >= 4 is 12.1 Å². The molecule has 0 saturated carbocycles. The molecule has 1 aromatic carbocycles. The number of nitrogens with one attached hydrogen (secondary N) is 1. The lowest BCUT2D eigenvalue weighted by Gasteiger charge is -2.11. The summed E-state index contributed by atoms with van der Waals surface area (Å²) < 4.78 is 1.06. The number of carbonyl (C=O) groups is 1. The molecule has 8 heteroatoms. The Morgan fingerprint density at radius 1 is 1.24 bits per heavy atom. The van der Waals surface area contributed by atoms with Crippen LogP contribution in [0.2, 0.25) is 0 Å². The summed E-state index contributed by atoms with van der Waals surface area (Å²) in [6.07, 6.45) is 5.52. The first kappa shape index (κ1) is 19.6. The fourth-order valence-corrected chi connectivity index (χ4v) is 2.67. The molecular formula is C21H18N6O2. The van der Waals surface area contributed by atoms with Crippen LogP contribution in [0.3, 0.4) is 0 Å². The number of hydrogen-bond acceptors (Lipinski definition) is 6. The molecule has 0 saturated heterocycles. The smallest absolute Gasteiger partial charge is 0.266 e. The van der Waals surface area contributed by atoms with Crippen molar-refractivity contribution in [1.29, 1.82) is 5.26 Å². The van der Waals surface area contributed by atoms with Gasteiger partial charge in [0.05, 0.1) is 11.9 Å². The standard InChI is InChI=1S/C21H18N6O2/c1-3-15-4-6-17(7-5-15)27-21(29)18(12-22)14(2)19(26-27)20(28)25-24-13-16-8-10-23-11-9-16/h4-11,13H,3H2,1-2H3,(H,25,28)/b24-13+. The van der Waals surface area contributed by atoms with E-state index in [1.165, 1.54) is 13.1 Å². The molecule has 2 aromatic heterocycles. The van der Waals surface area contributed by atoms with Crippen LogP contribution in [-0.2, 0) is 6.42 Å². The highest BCUT2D eigenvalue weighted by Gasteiger charge is 2.20. The molecule has 3 rings (SSSR count). The lowest BCUT2D eigenvalue weighted by molar-refractivity contribution is 0.0947. The number of pyridine rings is 1. The van der Waals surface area contributed by atoms with Gasteiger partial charge in [0.2, 0.25) is 0 Å². The van der Waals surface area contributed by atoms with E-state index in [0.29, 0.717) is 5.69 Å². The van der Waals surface area contributed by atoms with Crippen molar-refractivity contribution in [2.24, 2.45) is 5.10 Å². The maximum absolute atomic E-state index is 12.7. The van der Waals surface area contributed by atoms with Crippen LogP contribution in [0.15, 0.2) is 58.7 Å². The molecular weight excluding hydrogens is 368 g/mol. The maximum Gasteiger partial charge on any atom is 0.292 e. The Morgan fingerprint density at radius 2 is 1.93 bits per heavy atom. The van der Waals surface area contributed by atoms with Gasteiger partial charge in [-0.1, -0.05) is 19.1 Å². The van der Waals surface area contributed by atoms with Crippen LogP contribution in [0.5, 0.6) is 0 Å². The number of carbonyl (C=O) groups excluding carboxylic acids is 1. The second-order valence-electron chi connectivity index (χ2n) is 6.18. The fourth-order valence-electron chi connectivity index (χ4n) is 2.67. The maximum atomic E-state index is 12.7. The summed E-state index contributed by atoms with van der Waals surface area (Å²) in [5.74, 6) is -0.622. The molecule has 144 valence electrons. The van der Waals surface area contributed by atoms with E-state index in [-0.39, 0.29) is 16.8 Å². The highest BCUT2D eigenvalue weighted by molar-refractivity contribution is 5.94. The van der Waals surface area contributed by atoms with Crippen molar-refractivity contribution in [3.63, 3.8) is 0 Å². The molecule has 1 N–H and O–H groups in total. The lowest BCUT2D eigenvalue weighted by atomic mass is 10.1. The van der Waals surface area contributed by atoms with E-state index in [2.05, 4.69) is 20.6 Å². The highest BCUT2D eigenvalue weighted by Crippen LogP contribution is 2.12. The van der Waals surface area contributed by atoms with Gasteiger partial charge >= 0.3 is 0 Å². The van der Waals surface area contributed by atoms with Crippen LogP contribution >= 0.6 is 0 Å². The van der Waals surface area contributed by atoms with Crippen molar-refractivity contribution in [3.05, 3.63) is 87.1 Å². The average Bonchev–Trinajstić information content (AvgIpc) is 2.75. The monoisotopic (exact) mass is 386 g/mol. The summed E-state index contributed by atoms with van der Waals surface area (Å²) >= 11 is 0. The van der Waals surface area contributed by atoms with E-state index in [1.54, 1.807) is 36.7 Å². The predicted octanol–water partition coefficient (Wildman–Crippen LogP) is 2.13. The van der Waals surface area contributed by atoms with E-state index in [1.807, 2.05) is 25.1 Å². The normalized spacial score (nSPS) is 10.7. The van der Waals surface area contributed by atoms with Crippen molar-refractivity contribution in [2.75, 3.05) is 0 Å². The quantitative estimate of drug-likeness (QED) is 0.533. The first-order valence-corrected chi connectivity index (χ1v) is 8.92. The van der Waals surface area contributed by atoms with Crippen molar-refractivity contribution in [3.8, 4) is 11.8 Å². The zero-order valence-electron chi connectivity index (χ0n) is 16.0. The number of hydrazone groups is 1. The van der Waals surface area contributed by atoms with Crippen LogP contribution in [0, 0.1) is 18.3 Å². The third-order valence-electron chi connectivity index (χ3n) is 4.34. The molecule has 0 fully saturated rings. The van der Waals surface area contributed by atoms with Crippen molar-refractivity contribution < 1.29 is 4.79 Å². The first-order chi connectivity index (χ1) is 14.0. The Kier molecular flexibility index (Phi) is 5.90. The molecule has 8 nitrogen and oxygen atoms in total. The molecule has 0 bridgehead atoms. The molecule has 1 amide bonds. The summed E-state index contributed by atoms with van der Waals surface area (Å²) in [4.78, 5) is 29.2. The molecule has 3 aromatic rings. The molecule has 2 heterocycles. The van der Waals surface area contributed by atoms with Crippen LogP contribution < -0.4 is 11.0 Å². The van der Waals surface area contributed by atoms with Gasteiger partial charge in [-0.05, 0) is 48.7 Å². The van der Waals surface area contributed by atoms with Gasteiger partial charge in [0.1, 0.15) is 11.6 Å². The van der Waals surface area contributed by atoms with Crippen LogP contribution in [-0.4, -0.2) is 26.9 Å². The van der Waals surface area contributed by atoms with Crippen LogP contribution in [0.4, 0.5) is 0 Å². The molecule has 0 aliphatic rings. The Hall–Kier alpha value is -4.12. The number of hydrogen-bond donors (Lipinski definition) is 1. The van der Waals surface area contributed by atoms with Crippen molar-refractivity contribution in [1.82, 2.24) is 20.2 Å². The molecule has 0 atom stereocenters. The molecule has 0 aliphatic carbocycles. The van der Waals surface area contributed by atoms with Gasteiger partial charge in [0.15, 0.2) is 5.69 Å². The summed E-state index contributed by atoms with van der Waals surface area (Å²) in [7, 11) is 0. The largest absolute Gasteiger partial charge is 0.292 e. The number of rotatable bonds is 5. The summed E-state index contributed by atoms with van der Waals surface area (Å²) in [5, 5.41) is 17.5. The number of amides is 1. The summed E-state index contributed by atoms with van der Waals surface area (Å²) in [6, 6.07) is 12.5. The molecule has 0 radical (unpaired) electrons. The average molecular weight is 386 g/mol. The van der Waals surface area contributed by atoms with Crippen LogP contribution in [0.25, 0.3) is 5.69 Å². The predicted molar refractivity (Wildman–Crippen MR) is 108 cm³/mol. The van der Waals surface area contributed by atoms with E-state index >= 15 is 0 Å². The Labute approximate surface area is 167 Å². The van der Waals surface area contributed by atoms with Gasteiger partial charge < -0.3 is 0 Å². The van der Waals surface area contributed by atoms with E-state index in [9.17, 15) is 14.9 Å². The third-order valence-corrected chi connectivity index (χ3v) is 4.34. The minimum atomic E-state index is -0.622. The molecule has 0 aliphatic heterocycles. The van der Waals surface area contributed by atoms with Gasteiger partial charge in [-0.25, -0.2) is 5.43 Å². The van der Waals surface area contributed by atoms with E-state index < -0.39 is 11.5 Å². The zero-order chi connectivity index (χ0) is 20.8. The van der Waals surface area contributed by atoms with Gasteiger partial charge in [-0.3, -0.25) is 14.6 Å². The Bertz CT molecular complexity index is 1160. The fraction of sp³-hybridized carbons (Fsp3) is 0.143. The van der Waals surface area contributed by atoms with Crippen molar-refractivity contribution in [2.45, 2.75) is 20.3 Å². The number of benzene rings is 1. The second kappa shape index (κ2) is 8.71. The lowest BCUT2D eigenvalue weighted by Crippen LogP contribution is -2.31. The summed E-state index contributed by atoms with van der Waals surface area (Å²) in [6.45, 7) is 3.53.